The number of imidazole rings is 1. The molecule has 7 nitrogen and oxygen atoms in total. The molecule has 5 aromatic rings. The Bertz CT molecular complexity index is 1450. The molecule has 8 heteroatoms. The van der Waals surface area contributed by atoms with Crippen LogP contribution >= 0.6 is 0 Å². The van der Waals surface area contributed by atoms with Gasteiger partial charge in [-0.15, -0.1) is 0 Å². The van der Waals surface area contributed by atoms with E-state index in [4.69, 9.17) is 4.98 Å². The van der Waals surface area contributed by atoms with E-state index < -0.39 is 0 Å². The molecule has 0 spiro atoms. The van der Waals surface area contributed by atoms with Crippen LogP contribution in [0.5, 0.6) is 0 Å². The summed E-state index contributed by atoms with van der Waals surface area (Å²) in [6.45, 7) is 0.928. The number of nitrogens with zero attached hydrogens (tertiary/aromatic N) is 7. The Labute approximate surface area is 171 Å². The quantitative estimate of drug-likeness (QED) is 0.455. The van der Waals surface area contributed by atoms with Crippen molar-refractivity contribution in [2.75, 3.05) is 18.5 Å². The molecule has 0 amide bonds. The van der Waals surface area contributed by atoms with Gasteiger partial charge in [0, 0.05) is 38.6 Å². The Morgan fingerprint density at radius 2 is 1.93 bits per heavy atom. The molecule has 148 valence electrons. The third-order valence-electron chi connectivity index (χ3n) is 5.72. The molecule has 1 aliphatic heterocycles. The minimum Gasteiger partial charge on any atom is -0.359 e. The maximum absolute atomic E-state index is 14.9. The van der Waals surface area contributed by atoms with Crippen molar-refractivity contribution in [3.8, 4) is 17.2 Å². The van der Waals surface area contributed by atoms with Crippen LogP contribution in [0.4, 0.5) is 10.2 Å². The van der Waals surface area contributed by atoms with Gasteiger partial charge >= 0.3 is 0 Å². The van der Waals surface area contributed by atoms with Crippen molar-refractivity contribution in [2.45, 2.75) is 6.42 Å². The summed E-state index contributed by atoms with van der Waals surface area (Å²) in [7, 11) is 3.81. The summed E-state index contributed by atoms with van der Waals surface area (Å²) in [5, 5.41) is 0.402. The van der Waals surface area contributed by atoms with Crippen molar-refractivity contribution in [3.63, 3.8) is 0 Å². The Morgan fingerprint density at radius 1 is 1.07 bits per heavy atom. The molecule has 1 aromatic carbocycles. The molecule has 0 N–H and O–H groups in total. The summed E-state index contributed by atoms with van der Waals surface area (Å²) in [5.74, 6) is 1.07. The molecule has 5 heterocycles. The molecule has 4 aromatic heterocycles. The number of para-hydroxylation sites is 2. The number of hydrogen-bond donors (Lipinski definition) is 0. The molecule has 0 bridgehead atoms. The smallest absolute Gasteiger partial charge is 0.238 e. The number of anilines is 1. The van der Waals surface area contributed by atoms with Gasteiger partial charge in [0.15, 0.2) is 5.82 Å². The van der Waals surface area contributed by atoms with Gasteiger partial charge in [0.05, 0.1) is 22.1 Å². The van der Waals surface area contributed by atoms with Gasteiger partial charge in [0.1, 0.15) is 17.8 Å². The molecule has 0 atom stereocenters. The molecular formula is C22H18FN7. The van der Waals surface area contributed by atoms with Gasteiger partial charge in [-0.2, -0.15) is 4.98 Å². The van der Waals surface area contributed by atoms with Gasteiger partial charge in [-0.25, -0.2) is 19.3 Å². The number of aryl methyl sites for hydroxylation is 1. The van der Waals surface area contributed by atoms with E-state index in [2.05, 4.69) is 25.9 Å². The summed E-state index contributed by atoms with van der Waals surface area (Å²) < 4.78 is 18.4. The highest BCUT2D eigenvalue weighted by Gasteiger charge is 2.22. The molecule has 0 aliphatic carbocycles. The maximum atomic E-state index is 14.9. The second-order valence-electron chi connectivity index (χ2n) is 7.64. The summed E-state index contributed by atoms with van der Waals surface area (Å²) >= 11 is 0. The van der Waals surface area contributed by atoms with E-state index in [1.165, 1.54) is 6.20 Å². The van der Waals surface area contributed by atoms with E-state index in [-0.39, 0.29) is 5.82 Å². The SMILES string of the molecule is CN1CCc2cc(-c3nc(-n4cnc5ccccc54)nc4c3c(F)cn4C)cnc21. The van der Waals surface area contributed by atoms with Crippen LogP contribution in [-0.4, -0.2) is 42.7 Å². The van der Waals surface area contributed by atoms with Crippen LogP contribution in [0.1, 0.15) is 5.56 Å². The van der Waals surface area contributed by atoms with Gasteiger partial charge < -0.3 is 9.47 Å². The average Bonchev–Trinajstić information content (AvgIpc) is 3.43. The largest absolute Gasteiger partial charge is 0.359 e. The first-order chi connectivity index (χ1) is 14.6. The van der Waals surface area contributed by atoms with Crippen LogP contribution in [-0.2, 0) is 13.5 Å². The number of rotatable bonds is 2. The lowest BCUT2D eigenvalue weighted by Gasteiger charge is -2.12. The average molecular weight is 399 g/mol. The molecular weight excluding hydrogens is 381 g/mol. The number of hydrogen-bond acceptors (Lipinski definition) is 5. The Hall–Kier alpha value is -3.81. The lowest BCUT2D eigenvalue weighted by Crippen LogP contribution is -2.13. The summed E-state index contributed by atoms with van der Waals surface area (Å²) in [4.78, 5) is 20.6. The number of halogens is 1. The summed E-state index contributed by atoms with van der Waals surface area (Å²) in [6.07, 6.45) is 5.82. The van der Waals surface area contributed by atoms with Gasteiger partial charge in [-0.3, -0.25) is 4.57 Å². The topological polar surface area (TPSA) is 64.7 Å². The fourth-order valence-electron chi connectivity index (χ4n) is 4.20. The van der Waals surface area contributed by atoms with Crippen LogP contribution < -0.4 is 4.90 Å². The van der Waals surface area contributed by atoms with Gasteiger partial charge in [0.25, 0.3) is 0 Å². The minimum absolute atomic E-state index is 0.345. The summed E-state index contributed by atoms with van der Waals surface area (Å²) in [6, 6.07) is 9.86. The monoisotopic (exact) mass is 399 g/mol. The lowest BCUT2D eigenvalue weighted by atomic mass is 10.1. The fourth-order valence-corrected chi connectivity index (χ4v) is 4.20. The number of fused-ring (bicyclic) bond motifs is 3. The zero-order valence-electron chi connectivity index (χ0n) is 16.5. The number of pyridine rings is 1. The van der Waals surface area contributed by atoms with E-state index in [0.29, 0.717) is 22.7 Å². The van der Waals surface area contributed by atoms with E-state index in [1.807, 2.05) is 35.9 Å². The molecule has 6 rings (SSSR count). The van der Waals surface area contributed by atoms with Crippen LogP contribution in [0.2, 0.25) is 0 Å². The van der Waals surface area contributed by atoms with Gasteiger partial charge in [-0.05, 0) is 30.2 Å². The molecule has 0 saturated carbocycles. The molecule has 30 heavy (non-hydrogen) atoms. The molecule has 0 unspecified atom stereocenters. The van der Waals surface area contributed by atoms with Gasteiger partial charge in [0.2, 0.25) is 5.95 Å². The highest BCUT2D eigenvalue weighted by Crippen LogP contribution is 2.33. The predicted molar refractivity (Wildman–Crippen MR) is 113 cm³/mol. The first kappa shape index (κ1) is 17.1. The number of aromatic nitrogens is 6. The highest BCUT2D eigenvalue weighted by atomic mass is 19.1. The van der Waals surface area contributed by atoms with E-state index in [0.717, 1.165) is 40.9 Å². The molecule has 0 radical (unpaired) electrons. The van der Waals surface area contributed by atoms with Crippen LogP contribution in [0.25, 0.3) is 39.3 Å². The zero-order chi connectivity index (χ0) is 20.4. The van der Waals surface area contributed by atoms with Crippen molar-refractivity contribution in [2.24, 2.45) is 7.05 Å². The van der Waals surface area contributed by atoms with Crippen molar-refractivity contribution in [1.82, 2.24) is 29.1 Å². The third kappa shape index (κ3) is 2.36. The highest BCUT2D eigenvalue weighted by molar-refractivity contribution is 5.92. The predicted octanol–water partition coefficient (Wildman–Crippen LogP) is 3.50. The van der Waals surface area contributed by atoms with Crippen molar-refractivity contribution < 1.29 is 4.39 Å². The second-order valence-corrected chi connectivity index (χ2v) is 7.64. The van der Waals surface area contributed by atoms with E-state index in [1.54, 1.807) is 24.1 Å². The van der Waals surface area contributed by atoms with E-state index >= 15 is 0 Å². The molecule has 0 fully saturated rings. The second kappa shape index (κ2) is 6.09. The first-order valence-corrected chi connectivity index (χ1v) is 9.75. The number of benzene rings is 1. The van der Waals surface area contributed by atoms with Crippen molar-refractivity contribution in [1.29, 1.82) is 0 Å². The van der Waals surface area contributed by atoms with Crippen molar-refractivity contribution >= 4 is 27.9 Å². The molecule has 1 aliphatic rings. The Balaban J connectivity index is 1.64. The first-order valence-electron chi connectivity index (χ1n) is 9.75. The summed E-state index contributed by atoms with van der Waals surface area (Å²) in [5.41, 5.74) is 4.74. The van der Waals surface area contributed by atoms with E-state index in [9.17, 15) is 4.39 Å². The zero-order valence-corrected chi connectivity index (χ0v) is 16.5. The van der Waals surface area contributed by atoms with Crippen LogP contribution in [0, 0.1) is 5.82 Å². The minimum atomic E-state index is -0.345. The third-order valence-corrected chi connectivity index (χ3v) is 5.72. The molecule has 0 saturated heterocycles. The normalized spacial score (nSPS) is 13.5. The fraction of sp³-hybridized carbons (Fsp3) is 0.182. The van der Waals surface area contributed by atoms with Crippen molar-refractivity contribution in [3.05, 3.63) is 60.4 Å². The van der Waals surface area contributed by atoms with Gasteiger partial charge in [-0.1, -0.05) is 12.1 Å². The van der Waals surface area contributed by atoms with Crippen LogP contribution in [0.15, 0.2) is 49.1 Å². The number of likely N-dealkylation sites (N-methyl/N-ethyl adjacent to an activating group) is 1. The maximum Gasteiger partial charge on any atom is 0.238 e. The van der Waals surface area contributed by atoms with Crippen LogP contribution in [0.3, 0.4) is 0 Å². The Kier molecular flexibility index (Phi) is 3.47. The standard InChI is InChI=1S/C22H18FN7/c1-28-8-7-13-9-14(10-24-20(13)28)19-18-15(23)11-29(2)21(18)27-22(26-19)30-12-25-16-5-3-4-6-17(16)30/h3-6,9-12H,7-8H2,1-2H3. The lowest BCUT2D eigenvalue weighted by molar-refractivity contribution is 0.633. The Morgan fingerprint density at radius 3 is 2.83 bits per heavy atom.